The van der Waals surface area contributed by atoms with Crippen LogP contribution in [0.15, 0.2) is 30.3 Å². The summed E-state index contributed by atoms with van der Waals surface area (Å²) in [4.78, 5) is 11.1. The Morgan fingerprint density at radius 2 is 1.79 bits per heavy atom. The predicted octanol–water partition coefficient (Wildman–Crippen LogP) is 4.57. The Kier molecular flexibility index (Phi) is 4.55. The molecule has 0 N–H and O–H groups in total. The van der Waals surface area contributed by atoms with Crippen molar-refractivity contribution in [2.75, 3.05) is 18.0 Å². The van der Waals surface area contributed by atoms with Crippen LogP contribution in [0.4, 0.5) is 19.0 Å². The molecule has 0 saturated carbocycles. The second-order valence-corrected chi connectivity index (χ2v) is 5.88. The summed E-state index contributed by atoms with van der Waals surface area (Å²) in [5.74, 6) is 1.39. The number of benzene rings is 1. The number of halogens is 3. The molecule has 2 aromatic rings. The maximum absolute atomic E-state index is 12.8. The molecule has 0 radical (unpaired) electrons. The van der Waals surface area contributed by atoms with Crippen LogP contribution in [0.1, 0.15) is 35.5 Å². The maximum atomic E-state index is 12.8. The van der Waals surface area contributed by atoms with Crippen LogP contribution in [-0.2, 0) is 6.18 Å². The molecule has 6 heteroatoms. The molecule has 0 atom stereocenters. The van der Waals surface area contributed by atoms with Crippen LogP contribution in [0.5, 0.6) is 0 Å². The zero-order chi connectivity index (χ0) is 17.2. The Balaban J connectivity index is 1.84. The van der Waals surface area contributed by atoms with E-state index in [1.54, 1.807) is 18.2 Å². The number of hydrogen-bond acceptors (Lipinski definition) is 3. The minimum atomic E-state index is -4.34. The lowest BCUT2D eigenvalue weighted by Gasteiger charge is -2.16. The van der Waals surface area contributed by atoms with Gasteiger partial charge in [-0.25, -0.2) is 9.97 Å². The molecule has 0 bridgehead atoms. The van der Waals surface area contributed by atoms with E-state index in [1.807, 2.05) is 13.0 Å². The minimum absolute atomic E-state index is 0.470. The Bertz CT molecular complexity index is 747. The number of hydrogen-bond donors (Lipinski definition) is 0. The quantitative estimate of drug-likeness (QED) is 0.823. The largest absolute Gasteiger partial charge is 0.416 e. The van der Waals surface area contributed by atoms with E-state index in [2.05, 4.69) is 14.9 Å². The van der Waals surface area contributed by atoms with Crippen LogP contribution >= 0.6 is 0 Å². The maximum Gasteiger partial charge on any atom is 0.416 e. The first-order valence-electron chi connectivity index (χ1n) is 7.88. The Morgan fingerprint density at radius 1 is 1.04 bits per heavy atom. The Morgan fingerprint density at radius 3 is 2.50 bits per heavy atom. The molecule has 126 valence electrons. The molecule has 1 aromatic carbocycles. The molecule has 3 nitrogen and oxygen atoms in total. The third-order valence-electron chi connectivity index (χ3n) is 3.93. The number of aryl methyl sites for hydroxylation is 1. The molecule has 24 heavy (non-hydrogen) atoms. The highest BCUT2D eigenvalue weighted by Crippen LogP contribution is 2.29. The van der Waals surface area contributed by atoms with Crippen LogP contribution in [0.25, 0.3) is 12.2 Å². The molecule has 1 aromatic heterocycles. The van der Waals surface area contributed by atoms with E-state index in [1.165, 1.54) is 6.07 Å². The second kappa shape index (κ2) is 6.63. The summed E-state index contributed by atoms with van der Waals surface area (Å²) in [7, 11) is 0. The molecule has 3 rings (SSSR count). The van der Waals surface area contributed by atoms with E-state index in [4.69, 9.17) is 0 Å². The highest BCUT2D eigenvalue weighted by Gasteiger charge is 2.30. The van der Waals surface area contributed by atoms with Gasteiger partial charge >= 0.3 is 6.18 Å². The molecule has 1 aliphatic rings. The van der Waals surface area contributed by atoms with Crippen molar-refractivity contribution in [1.82, 2.24) is 9.97 Å². The Hall–Kier alpha value is -2.37. The standard InChI is InChI=1S/C18H18F3N3/c1-13-11-17(24-9-2-3-10-24)23-16(22-13)8-7-14-5-4-6-15(12-14)18(19,20)21/h4-8,11-12H,2-3,9-10H2,1H3. The van der Waals surface area contributed by atoms with Gasteiger partial charge < -0.3 is 4.90 Å². The van der Waals surface area contributed by atoms with Crippen molar-refractivity contribution < 1.29 is 13.2 Å². The number of rotatable bonds is 3. The summed E-state index contributed by atoms with van der Waals surface area (Å²) in [6.45, 7) is 3.85. The monoisotopic (exact) mass is 333 g/mol. The third-order valence-corrected chi connectivity index (χ3v) is 3.93. The fourth-order valence-electron chi connectivity index (χ4n) is 2.75. The molecule has 1 saturated heterocycles. The van der Waals surface area contributed by atoms with Gasteiger partial charge in [0, 0.05) is 24.8 Å². The van der Waals surface area contributed by atoms with Crippen molar-refractivity contribution in [2.45, 2.75) is 25.9 Å². The van der Waals surface area contributed by atoms with Gasteiger partial charge in [0.25, 0.3) is 0 Å². The second-order valence-electron chi connectivity index (χ2n) is 5.88. The van der Waals surface area contributed by atoms with Crippen molar-refractivity contribution >= 4 is 18.0 Å². The lowest BCUT2D eigenvalue weighted by atomic mass is 10.1. The average molecular weight is 333 g/mol. The average Bonchev–Trinajstić information content (AvgIpc) is 3.06. The lowest BCUT2D eigenvalue weighted by Crippen LogP contribution is -2.19. The van der Waals surface area contributed by atoms with E-state index < -0.39 is 11.7 Å². The van der Waals surface area contributed by atoms with Crippen LogP contribution in [0, 0.1) is 6.92 Å². The van der Waals surface area contributed by atoms with Crippen LogP contribution in [0.3, 0.4) is 0 Å². The SMILES string of the molecule is Cc1cc(N2CCCC2)nc(C=Cc2cccc(C(F)(F)F)c2)n1. The van der Waals surface area contributed by atoms with Gasteiger partial charge in [-0.05, 0) is 43.5 Å². The summed E-state index contributed by atoms with van der Waals surface area (Å²) in [5.41, 5.74) is 0.654. The molecule has 0 aliphatic carbocycles. The van der Waals surface area contributed by atoms with Gasteiger partial charge in [0.2, 0.25) is 0 Å². The molecule has 0 spiro atoms. The first-order valence-corrected chi connectivity index (χ1v) is 7.88. The summed E-state index contributed by atoms with van der Waals surface area (Å²) in [5, 5.41) is 0. The van der Waals surface area contributed by atoms with E-state index >= 15 is 0 Å². The fraction of sp³-hybridized carbons (Fsp3) is 0.333. The molecule has 2 heterocycles. The van der Waals surface area contributed by atoms with Gasteiger partial charge in [0.15, 0.2) is 5.82 Å². The zero-order valence-corrected chi connectivity index (χ0v) is 13.3. The van der Waals surface area contributed by atoms with Crippen molar-refractivity contribution in [3.8, 4) is 0 Å². The number of anilines is 1. The molecular weight excluding hydrogens is 315 g/mol. The minimum Gasteiger partial charge on any atom is -0.356 e. The van der Waals surface area contributed by atoms with Gasteiger partial charge in [0.05, 0.1) is 5.56 Å². The van der Waals surface area contributed by atoms with Crippen molar-refractivity contribution in [2.24, 2.45) is 0 Å². The van der Waals surface area contributed by atoms with Crippen LogP contribution < -0.4 is 4.90 Å². The summed E-state index contributed by atoms with van der Waals surface area (Å²) in [6, 6.07) is 7.14. The normalized spacial score (nSPS) is 15.4. The first-order chi connectivity index (χ1) is 11.4. The smallest absolute Gasteiger partial charge is 0.356 e. The Labute approximate surface area is 138 Å². The van der Waals surface area contributed by atoms with Gasteiger partial charge in [-0.3, -0.25) is 0 Å². The van der Waals surface area contributed by atoms with Gasteiger partial charge in [0.1, 0.15) is 5.82 Å². The summed E-state index contributed by atoms with van der Waals surface area (Å²) >= 11 is 0. The van der Waals surface area contributed by atoms with E-state index in [-0.39, 0.29) is 0 Å². The first kappa shape index (κ1) is 16.5. The highest BCUT2D eigenvalue weighted by molar-refractivity contribution is 5.67. The summed E-state index contributed by atoms with van der Waals surface area (Å²) in [6.07, 6.45) is 1.23. The van der Waals surface area contributed by atoms with Gasteiger partial charge in [-0.2, -0.15) is 13.2 Å². The molecule has 1 aliphatic heterocycles. The number of alkyl halides is 3. The van der Waals surface area contributed by atoms with Crippen molar-refractivity contribution in [3.05, 3.63) is 53.0 Å². The topological polar surface area (TPSA) is 29.0 Å². The van der Waals surface area contributed by atoms with Crippen LogP contribution in [-0.4, -0.2) is 23.1 Å². The van der Waals surface area contributed by atoms with Crippen LogP contribution in [0.2, 0.25) is 0 Å². The lowest BCUT2D eigenvalue weighted by molar-refractivity contribution is -0.137. The van der Waals surface area contributed by atoms with Gasteiger partial charge in [-0.1, -0.05) is 18.2 Å². The zero-order valence-electron chi connectivity index (χ0n) is 13.3. The van der Waals surface area contributed by atoms with E-state index in [0.29, 0.717) is 11.4 Å². The fourth-order valence-corrected chi connectivity index (χ4v) is 2.75. The van der Waals surface area contributed by atoms with Gasteiger partial charge in [-0.15, -0.1) is 0 Å². The number of nitrogens with zero attached hydrogens (tertiary/aromatic N) is 3. The van der Waals surface area contributed by atoms with E-state index in [0.717, 1.165) is 49.6 Å². The van der Waals surface area contributed by atoms with Crippen molar-refractivity contribution in [1.29, 1.82) is 0 Å². The number of aromatic nitrogens is 2. The van der Waals surface area contributed by atoms with E-state index in [9.17, 15) is 13.2 Å². The third kappa shape index (κ3) is 3.93. The summed E-state index contributed by atoms with van der Waals surface area (Å²) < 4.78 is 38.3. The molecule has 0 amide bonds. The van der Waals surface area contributed by atoms with Crippen molar-refractivity contribution in [3.63, 3.8) is 0 Å². The molecule has 1 fully saturated rings. The molecule has 0 unspecified atom stereocenters. The predicted molar refractivity (Wildman–Crippen MR) is 88.6 cm³/mol. The highest BCUT2D eigenvalue weighted by atomic mass is 19.4. The molecular formula is C18H18F3N3.